The largest absolute Gasteiger partial charge is 0.472 e. The number of aliphatic hydroxyl groups excluding tert-OH is 1. The topological polar surface area (TPSA) is 237 Å². The van der Waals surface area contributed by atoms with Crippen LogP contribution < -0.4 is 0 Å². The molecule has 0 saturated heterocycles. The number of ether oxygens (including phenoxy) is 4. The van der Waals surface area contributed by atoms with Crippen LogP contribution in [0.5, 0.6) is 0 Å². The summed E-state index contributed by atoms with van der Waals surface area (Å²) in [5.74, 6) is -1.47. The highest BCUT2D eigenvalue weighted by atomic mass is 31.2. The number of hydrogen-bond donors (Lipinski definition) is 3. The maximum atomic E-state index is 12.9. The quantitative estimate of drug-likeness (QED) is 0.0169. The van der Waals surface area contributed by atoms with E-state index in [1.165, 1.54) is 77.0 Å². The lowest BCUT2D eigenvalue weighted by atomic mass is 10.0. The van der Waals surface area contributed by atoms with Gasteiger partial charge in [-0.25, -0.2) is 9.13 Å². The van der Waals surface area contributed by atoms with Crippen LogP contribution in [0.4, 0.5) is 0 Å². The lowest BCUT2D eigenvalue weighted by Gasteiger charge is -2.21. The summed E-state index contributed by atoms with van der Waals surface area (Å²) >= 11 is 0. The van der Waals surface area contributed by atoms with Gasteiger partial charge in [-0.3, -0.25) is 37.3 Å². The van der Waals surface area contributed by atoms with Crippen LogP contribution >= 0.6 is 15.6 Å². The van der Waals surface area contributed by atoms with Gasteiger partial charge in [0.15, 0.2) is 12.2 Å². The number of rotatable bonds is 60. The zero-order valence-corrected chi connectivity index (χ0v) is 53.2. The Kier molecular flexibility index (Phi) is 53.7. The maximum absolute atomic E-state index is 12.9. The molecule has 19 heteroatoms. The Labute approximate surface area is 491 Å². The number of carbonyl (C=O) groups excluding carboxylic acids is 4. The molecule has 0 fully saturated rings. The molecule has 17 nitrogen and oxygen atoms in total. The molecule has 0 aromatic rings. The molecule has 0 spiro atoms. The van der Waals surface area contributed by atoms with Crippen LogP contribution in [0.1, 0.15) is 285 Å². The first-order valence-corrected chi connectivity index (χ1v) is 34.9. The molecule has 0 aromatic carbocycles. The second-order valence-corrected chi connectivity index (χ2v) is 25.1. The van der Waals surface area contributed by atoms with Crippen molar-refractivity contribution in [3.63, 3.8) is 0 Å². The van der Waals surface area contributed by atoms with Gasteiger partial charge in [0.05, 0.1) is 26.4 Å². The minimum Gasteiger partial charge on any atom is -0.462 e. The van der Waals surface area contributed by atoms with Gasteiger partial charge in [0.1, 0.15) is 19.3 Å². The monoisotopic (exact) mass is 1190 g/mol. The Hall–Kier alpha value is -2.46. The van der Waals surface area contributed by atoms with Gasteiger partial charge >= 0.3 is 39.5 Å². The lowest BCUT2D eigenvalue weighted by molar-refractivity contribution is -0.161. The van der Waals surface area contributed by atoms with Crippen molar-refractivity contribution < 1.29 is 80.2 Å². The van der Waals surface area contributed by atoms with Gasteiger partial charge in [0, 0.05) is 25.7 Å². The number of phosphoric acid groups is 2. The first-order valence-electron chi connectivity index (χ1n) is 32.0. The number of carbonyl (C=O) groups is 4. The van der Waals surface area contributed by atoms with E-state index in [4.69, 9.17) is 37.0 Å². The van der Waals surface area contributed by atoms with Crippen molar-refractivity contribution in [2.24, 2.45) is 5.92 Å². The van der Waals surface area contributed by atoms with E-state index in [2.05, 4.69) is 58.9 Å². The van der Waals surface area contributed by atoms with Gasteiger partial charge in [0.2, 0.25) is 0 Å². The Morgan fingerprint density at radius 3 is 1.01 bits per heavy atom. The van der Waals surface area contributed by atoms with E-state index < -0.39 is 97.5 Å². The fourth-order valence-electron chi connectivity index (χ4n) is 8.69. The molecule has 5 atom stereocenters. The van der Waals surface area contributed by atoms with Gasteiger partial charge < -0.3 is 33.8 Å². The highest BCUT2D eigenvalue weighted by Gasteiger charge is 2.30. The summed E-state index contributed by atoms with van der Waals surface area (Å²) in [5, 5.41) is 10.5. The van der Waals surface area contributed by atoms with Crippen molar-refractivity contribution in [3.8, 4) is 0 Å². The van der Waals surface area contributed by atoms with Gasteiger partial charge in [0.25, 0.3) is 0 Å². The zero-order chi connectivity index (χ0) is 59.9. The third-order valence-electron chi connectivity index (χ3n) is 13.7. The number of allylic oxidation sites excluding steroid dienone is 4. The molecule has 0 amide bonds. The Bertz CT molecular complexity index is 1680. The second-order valence-electron chi connectivity index (χ2n) is 22.2. The Morgan fingerprint density at radius 1 is 0.383 bits per heavy atom. The molecular weight excluding hydrogens is 1080 g/mol. The van der Waals surface area contributed by atoms with E-state index >= 15 is 0 Å². The summed E-state index contributed by atoms with van der Waals surface area (Å²) < 4.78 is 67.7. The van der Waals surface area contributed by atoms with Crippen molar-refractivity contribution in [3.05, 3.63) is 24.3 Å². The molecule has 3 N–H and O–H groups in total. The second kappa shape index (κ2) is 55.4. The molecule has 0 radical (unpaired) electrons. The standard InChI is InChI=1S/C62H116O17P2/c1-6-9-12-15-18-20-21-22-23-24-25-27-32-38-43-48-62(67)79-58(52-73-60(65)46-41-36-33-28-30-34-39-44-55(4)5)54-77-81(70,71)75-50-56(63)49-74-80(68,69)76-53-57(51-72-59(64)45-40-35-29-17-14-11-8-3)78-61(66)47-42-37-31-26-19-16-13-10-7-2/h20-23,55-58,63H,6-19,24-54H2,1-5H3,(H,68,69)(H,70,71)/b21-20-,23-22-/t56-,57+,58+/m0/s1. The predicted octanol–water partition coefficient (Wildman–Crippen LogP) is 16.6. The smallest absolute Gasteiger partial charge is 0.462 e. The molecule has 0 aliphatic heterocycles. The molecule has 0 aromatic heterocycles. The van der Waals surface area contributed by atoms with E-state index in [0.29, 0.717) is 31.6 Å². The van der Waals surface area contributed by atoms with E-state index in [-0.39, 0.29) is 25.7 Å². The first-order chi connectivity index (χ1) is 39.0. The Morgan fingerprint density at radius 2 is 0.667 bits per heavy atom. The summed E-state index contributed by atoms with van der Waals surface area (Å²) in [4.78, 5) is 71.9. The summed E-state index contributed by atoms with van der Waals surface area (Å²) in [6, 6.07) is 0. The SMILES string of the molecule is CCCCCC/C=C\C=C/CCCCCCCC(=O)O[C@H](COC(=O)CCCCCCCCCC(C)C)COP(=O)(O)OC[C@@H](O)COP(=O)(O)OC[C@@H](COC(=O)CCCCCCCCC)OC(=O)CCCCCCCCCCC. The molecule has 0 aliphatic carbocycles. The van der Waals surface area contributed by atoms with Crippen LogP contribution in [0.2, 0.25) is 0 Å². The summed E-state index contributed by atoms with van der Waals surface area (Å²) in [7, 11) is -9.89. The summed E-state index contributed by atoms with van der Waals surface area (Å²) in [5.41, 5.74) is 0. The van der Waals surface area contributed by atoms with Crippen LogP contribution in [0.25, 0.3) is 0 Å². The molecule has 476 valence electrons. The van der Waals surface area contributed by atoms with Crippen molar-refractivity contribution >= 4 is 39.5 Å². The van der Waals surface area contributed by atoms with E-state index in [1.807, 2.05) is 0 Å². The maximum Gasteiger partial charge on any atom is 0.472 e. The van der Waals surface area contributed by atoms with Crippen LogP contribution in [-0.4, -0.2) is 96.7 Å². The normalized spacial score (nSPS) is 14.5. The molecule has 0 rings (SSSR count). The number of esters is 4. The first kappa shape index (κ1) is 78.5. The van der Waals surface area contributed by atoms with Crippen molar-refractivity contribution in [1.82, 2.24) is 0 Å². The van der Waals surface area contributed by atoms with E-state index in [1.54, 1.807) is 0 Å². The minimum atomic E-state index is -4.95. The lowest BCUT2D eigenvalue weighted by Crippen LogP contribution is -2.30. The predicted molar refractivity (Wildman–Crippen MR) is 321 cm³/mol. The van der Waals surface area contributed by atoms with E-state index in [9.17, 15) is 43.2 Å². The summed E-state index contributed by atoms with van der Waals surface area (Å²) in [6.07, 6.45) is 41.4. The van der Waals surface area contributed by atoms with E-state index in [0.717, 1.165) is 122 Å². The van der Waals surface area contributed by atoms with Gasteiger partial charge in [-0.05, 0) is 57.3 Å². The highest BCUT2D eigenvalue weighted by Crippen LogP contribution is 2.45. The number of aliphatic hydroxyl groups is 1. The zero-order valence-electron chi connectivity index (χ0n) is 51.4. The molecule has 0 saturated carbocycles. The number of unbranched alkanes of at least 4 members (excludes halogenated alkanes) is 29. The molecular formula is C62H116O17P2. The molecule has 2 unspecified atom stereocenters. The van der Waals surface area contributed by atoms with Crippen molar-refractivity contribution in [2.45, 2.75) is 303 Å². The minimum absolute atomic E-state index is 0.0841. The summed E-state index contributed by atoms with van der Waals surface area (Å²) in [6.45, 7) is 6.99. The van der Waals surface area contributed by atoms with Crippen LogP contribution in [0.3, 0.4) is 0 Å². The number of hydrogen-bond acceptors (Lipinski definition) is 15. The Balaban J connectivity index is 5.24. The average Bonchev–Trinajstić information content (AvgIpc) is 3.43. The average molecular weight is 1200 g/mol. The van der Waals surface area contributed by atoms with Gasteiger partial charge in [-0.1, -0.05) is 232 Å². The van der Waals surface area contributed by atoms with Crippen molar-refractivity contribution in [1.29, 1.82) is 0 Å². The fraction of sp³-hybridized carbons (Fsp3) is 0.871. The van der Waals surface area contributed by atoms with Crippen molar-refractivity contribution in [2.75, 3.05) is 39.6 Å². The molecule has 0 bridgehead atoms. The molecule has 0 heterocycles. The van der Waals surface area contributed by atoms with Gasteiger partial charge in [-0.15, -0.1) is 0 Å². The highest BCUT2D eigenvalue weighted by molar-refractivity contribution is 7.47. The third-order valence-corrected chi connectivity index (χ3v) is 15.6. The molecule has 81 heavy (non-hydrogen) atoms. The third kappa shape index (κ3) is 56.4. The van der Waals surface area contributed by atoms with Gasteiger partial charge in [-0.2, -0.15) is 0 Å². The van der Waals surface area contributed by atoms with Crippen LogP contribution in [0.15, 0.2) is 24.3 Å². The van der Waals surface area contributed by atoms with Crippen LogP contribution in [0, 0.1) is 5.92 Å². The van der Waals surface area contributed by atoms with Crippen LogP contribution in [-0.2, 0) is 65.4 Å². The number of phosphoric ester groups is 2. The molecule has 0 aliphatic rings. The fourth-order valence-corrected chi connectivity index (χ4v) is 10.3.